The van der Waals surface area contributed by atoms with Gasteiger partial charge >= 0.3 is 0 Å². The van der Waals surface area contributed by atoms with E-state index in [0.29, 0.717) is 24.4 Å². The molecule has 0 saturated heterocycles. The zero-order valence-corrected chi connectivity index (χ0v) is 11.1. The maximum absolute atomic E-state index is 13.3. The van der Waals surface area contributed by atoms with Gasteiger partial charge in [0.05, 0.1) is 7.05 Å². The van der Waals surface area contributed by atoms with E-state index in [1.807, 2.05) is 6.92 Å². The minimum absolute atomic E-state index is 0.298. The fraction of sp³-hybridized carbons (Fsp3) is 0.417. The van der Waals surface area contributed by atoms with E-state index in [4.69, 9.17) is 0 Å². The van der Waals surface area contributed by atoms with E-state index in [9.17, 15) is 13.2 Å². The highest BCUT2D eigenvalue weighted by Crippen LogP contribution is 2.21. The van der Waals surface area contributed by atoms with Crippen LogP contribution in [0, 0.1) is 17.5 Å². The highest BCUT2D eigenvalue weighted by molar-refractivity contribution is 5.23. The van der Waals surface area contributed by atoms with Crippen LogP contribution in [0.25, 0.3) is 0 Å². The molecule has 1 unspecified atom stereocenters. The number of nitrogens with zero attached hydrogens (tertiary/aromatic N) is 4. The molecule has 8 heteroatoms. The molecule has 20 heavy (non-hydrogen) atoms. The number of aromatic nitrogens is 4. The Balaban J connectivity index is 2.28. The van der Waals surface area contributed by atoms with Crippen LogP contribution < -0.4 is 5.32 Å². The summed E-state index contributed by atoms with van der Waals surface area (Å²) in [6.07, 6.45) is 0.298. The van der Waals surface area contributed by atoms with Gasteiger partial charge in [0.1, 0.15) is 0 Å². The summed E-state index contributed by atoms with van der Waals surface area (Å²) < 4.78 is 39.6. The number of nitrogens with one attached hydrogen (secondary N) is 1. The van der Waals surface area contributed by atoms with Crippen LogP contribution >= 0.6 is 0 Å². The van der Waals surface area contributed by atoms with Crippen molar-refractivity contribution in [3.63, 3.8) is 0 Å². The Kier molecular flexibility index (Phi) is 4.33. The third kappa shape index (κ3) is 3.13. The highest BCUT2D eigenvalue weighted by atomic mass is 19.2. The van der Waals surface area contributed by atoms with Gasteiger partial charge < -0.3 is 5.32 Å². The number of hydrogen-bond acceptors (Lipinski definition) is 4. The highest BCUT2D eigenvalue weighted by Gasteiger charge is 2.19. The molecular formula is C12H14F3N5. The molecule has 2 aromatic rings. The quantitative estimate of drug-likeness (QED) is 0.846. The van der Waals surface area contributed by atoms with Crippen LogP contribution in [0.5, 0.6) is 0 Å². The zero-order chi connectivity index (χ0) is 14.7. The molecule has 1 heterocycles. The lowest BCUT2D eigenvalue weighted by Gasteiger charge is -2.17. The molecule has 0 saturated carbocycles. The normalized spacial score (nSPS) is 12.7. The van der Waals surface area contributed by atoms with Gasteiger partial charge in [-0.3, -0.25) is 0 Å². The van der Waals surface area contributed by atoms with Gasteiger partial charge in [-0.25, -0.2) is 13.2 Å². The van der Waals surface area contributed by atoms with Crippen molar-refractivity contribution in [3.8, 4) is 0 Å². The summed E-state index contributed by atoms with van der Waals surface area (Å²) in [5.41, 5.74) is 0.302. The Morgan fingerprint density at radius 3 is 2.40 bits per heavy atom. The van der Waals surface area contributed by atoms with E-state index in [-0.39, 0.29) is 0 Å². The van der Waals surface area contributed by atoms with Gasteiger partial charge in [-0.1, -0.05) is 6.92 Å². The summed E-state index contributed by atoms with van der Waals surface area (Å²) in [7, 11) is 1.62. The number of rotatable bonds is 5. The predicted octanol–water partition coefficient (Wildman–Crippen LogP) is 1.52. The maximum Gasteiger partial charge on any atom is 0.194 e. The molecule has 0 radical (unpaired) electrons. The summed E-state index contributed by atoms with van der Waals surface area (Å²) in [4.78, 5) is 1.30. The fourth-order valence-electron chi connectivity index (χ4n) is 1.92. The van der Waals surface area contributed by atoms with Crippen molar-refractivity contribution in [1.29, 1.82) is 0 Å². The van der Waals surface area contributed by atoms with Gasteiger partial charge in [0.2, 0.25) is 0 Å². The lowest BCUT2D eigenvalue weighted by Crippen LogP contribution is -2.24. The Hall–Kier alpha value is -1.96. The van der Waals surface area contributed by atoms with E-state index in [2.05, 4.69) is 20.7 Å². The standard InChI is InChI=1S/C12H14F3N5/c1-3-16-10(6-11-17-19-20(2)18-11)7-4-8(13)12(15)9(14)5-7/h4-5,10,16H,3,6H2,1-2H3. The predicted molar refractivity (Wildman–Crippen MR) is 65.2 cm³/mol. The van der Waals surface area contributed by atoms with E-state index in [1.54, 1.807) is 7.05 Å². The van der Waals surface area contributed by atoms with Crippen molar-refractivity contribution in [2.75, 3.05) is 6.54 Å². The molecule has 1 N–H and O–H groups in total. The molecule has 5 nitrogen and oxygen atoms in total. The van der Waals surface area contributed by atoms with E-state index in [1.165, 1.54) is 4.80 Å². The first-order valence-corrected chi connectivity index (χ1v) is 6.12. The SMILES string of the molecule is CCNC(Cc1nnn(C)n1)c1cc(F)c(F)c(F)c1. The second-order valence-corrected chi connectivity index (χ2v) is 4.31. The molecule has 0 spiro atoms. The number of likely N-dealkylation sites (N-methyl/N-ethyl adjacent to an activating group) is 1. The van der Waals surface area contributed by atoms with Gasteiger partial charge in [-0.15, -0.1) is 10.2 Å². The van der Waals surface area contributed by atoms with E-state index >= 15 is 0 Å². The summed E-state index contributed by atoms with van der Waals surface area (Å²) in [5, 5.41) is 14.6. The van der Waals surface area contributed by atoms with Gasteiger partial charge in [0.15, 0.2) is 23.3 Å². The van der Waals surface area contributed by atoms with Gasteiger partial charge in [0.25, 0.3) is 0 Å². The van der Waals surface area contributed by atoms with Crippen molar-refractivity contribution in [2.24, 2.45) is 7.05 Å². The summed E-state index contributed by atoms with van der Waals surface area (Å²) in [6, 6.07) is 1.53. The summed E-state index contributed by atoms with van der Waals surface area (Å²) in [6.45, 7) is 2.43. The van der Waals surface area contributed by atoms with Crippen molar-refractivity contribution in [1.82, 2.24) is 25.5 Å². The maximum atomic E-state index is 13.3. The van der Waals surface area contributed by atoms with Crippen molar-refractivity contribution < 1.29 is 13.2 Å². The summed E-state index contributed by atoms with van der Waals surface area (Å²) in [5.74, 6) is -3.46. The Labute approximate surface area is 113 Å². The van der Waals surface area contributed by atoms with Crippen LogP contribution in [0.2, 0.25) is 0 Å². The Morgan fingerprint density at radius 1 is 1.25 bits per heavy atom. The second kappa shape index (κ2) is 6.00. The van der Waals surface area contributed by atoms with Crippen LogP contribution in [0.15, 0.2) is 12.1 Å². The van der Waals surface area contributed by atoms with Crippen LogP contribution in [0.1, 0.15) is 24.4 Å². The average Bonchev–Trinajstić information content (AvgIpc) is 2.80. The number of halogens is 3. The van der Waals surface area contributed by atoms with Crippen molar-refractivity contribution in [2.45, 2.75) is 19.4 Å². The second-order valence-electron chi connectivity index (χ2n) is 4.31. The van der Waals surface area contributed by atoms with Crippen LogP contribution in [-0.2, 0) is 13.5 Å². The lowest BCUT2D eigenvalue weighted by molar-refractivity contribution is 0.438. The molecule has 1 atom stereocenters. The third-order valence-electron chi connectivity index (χ3n) is 2.80. The van der Waals surface area contributed by atoms with Gasteiger partial charge in [-0.05, 0) is 29.5 Å². The minimum Gasteiger partial charge on any atom is -0.310 e. The molecular weight excluding hydrogens is 271 g/mol. The molecule has 2 rings (SSSR count). The van der Waals surface area contributed by atoms with Crippen molar-refractivity contribution >= 4 is 0 Å². The van der Waals surface area contributed by atoms with Crippen LogP contribution in [0.3, 0.4) is 0 Å². The minimum atomic E-state index is -1.47. The third-order valence-corrected chi connectivity index (χ3v) is 2.80. The van der Waals surface area contributed by atoms with Crippen LogP contribution in [-0.4, -0.2) is 26.8 Å². The average molecular weight is 285 g/mol. The first-order valence-electron chi connectivity index (χ1n) is 6.12. The number of tetrazole rings is 1. The molecule has 0 aliphatic carbocycles. The molecule has 0 bridgehead atoms. The monoisotopic (exact) mass is 285 g/mol. The van der Waals surface area contributed by atoms with Gasteiger partial charge in [-0.2, -0.15) is 4.80 Å². The fourth-order valence-corrected chi connectivity index (χ4v) is 1.92. The number of hydrogen-bond donors (Lipinski definition) is 1. The zero-order valence-electron chi connectivity index (χ0n) is 11.1. The number of aryl methyl sites for hydroxylation is 1. The topological polar surface area (TPSA) is 55.6 Å². The smallest absolute Gasteiger partial charge is 0.194 e. The van der Waals surface area contributed by atoms with Crippen LogP contribution in [0.4, 0.5) is 13.2 Å². The Morgan fingerprint density at radius 2 is 1.90 bits per heavy atom. The van der Waals surface area contributed by atoms with E-state index in [0.717, 1.165) is 12.1 Å². The molecule has 1 aromatic heterocycles. The van der Waals surface area contributed by atoms with Crippen molar-refractivity contribution in [3.05, 3.63) is 41.0 Å². The largest absolute Gasteiger partial charge is 0.310 e. The lowest BCUT2D eigenvalue weighted by atomic mass is 10.0. The number of benzene rings is 1. The summed E-state index contributed by atoms with van der Waals surface area (Å²) >= 11 is 0. The first kappa shape index (κ1) is 14.4. The Bertz CT molecular complexity index is 576. The molecule has 0 aliphatic rings. The van der Waals surface area contributed by atoms with E-state index < -0.39 is 23.5 Å². The molecule has 1 aromatic carbocycles. The van der Waals surface area contributed by atoms with Gasteiger partial charge in [0, 0.05) is 12.5 Å². The first-order chi connectivity index (χ1) is 9.51. The molecule has 0 amide bonds. The molecule has 108 valence electrons. The molecule has 0 fully saturated rings. The molecule has 0 aliphatic heterocycles.